The lowest BCUT2D eigenvalue weighted by Gasteiger charge is -2.27. The summed E-state index contributed by atoms with van der Waals surface area (Å²) in [7, 11) is 0. The average Bonchev–Trinajstić information content (AvgIpc) is 3.05. The zero-order valence-corrected chi connectivity index (χ0v) is 13.6. The number of ether oxygens (including phenoxy) is 1. The van der Waals surface area contributed by atoms with Crippen LogP contribution in [0.25, 0.3) is 0 Å². The zero-order chi connectivity index (χ0) is 14.2. The van der Waals surface area contributed by atoms with E-state index in [-0.39, 0.29) is 6.61 Å². The number of rotatable bonds is 10. The first-order valence-corrected chi connectivity index (χ1v) is 9.51. The van der Waals surface area contributed by atoms with Crippen LogP contribution in [-0.4, -0.2) is 35.4 Å². The molecule has 2 bridgehead atoms. The highest BCUT2D eigenvalue weighted by Crippen LogP contribution is 2.46. The number of aliphatic hydroxyl groups excluding tert-OH is 1. The number of thioether (sulfide) groups is 1. The number of fused-ring (bicyclic) bond motifs is 2. The van der Waals surface area contributed by atoms with Gasteiger partial charge in [0.25, 0.3) is 0 Å². The van der Waals surface area contributed by atoms with Crippen molar-refractivity contribution in [3.63, 3.8) is 0 Å². The summed E-state index contributed by atoms with van der Waals surface area (Å²) < 4.78 is 6.11. The highest BCUT2D eigenvalue weighted by atomic mass is 32.2. The van der Waals surface area contributed by atoms with Gasteiger partial charge in [-0.3, -0.25) is 0 Å². The minimum Gasteiger partial charge on any atom is -0.392 e. The first kappa shape index (κ1) is 16.4. The molecule has 20 heavy (non-hydrogen) atoms. The van der Waals surface area contributed by atoms with Gasteiger partial charge in [0.2, 0.25) is 0 Å². The normalized spacial score (nSPS) is 32.5. The van der Waals surface area contributed by atoms with Crippen LogP contribution in [-0.2, 0) is 4.74 Å². The van der Waals surface area contributed by atoms with Gasteiger partial charge in [0, 0.05) is 0 Å². The van der Waals surface area contributed by atoms with E-state index in [0.717, 1.165) is 12.3 Å². The van der Waals surface area contributed by atoms with Crippen molar-refractivity contribution in [2.45, 2.75) is 64.1 Å². The Hall–Kier alpha value is 0.01000. The van der Waals surface area contributed by atoms with Gasteiger partial charge >= 0.3 is 0 Å². The first-order chi connectivity index (χ1) is 9.86. The van der Waals surface area contributed by atoms with Crippen LogP contribution in [0.2, 0.25) is 0 Å². The summed E-state index contributed by atoms with van der Waals surface area (Å²) in [5.74, 6) is 4.02. The molecule has 2 rings (SSSR count). The van der Waals surface area contributed by atoms with Crippen LogP contribution in [0.1, 0.15) is 51.9 Å². The Morgan fingerprint density at radius 1 is 1.10 bits per heavy atom. The summed E-state index contributed by atoms with van der Waals surface area (Å²) >= 11 is 2.13. The molecule has 0 spiro atoms. The molecule has 0 aromatic rings. The standard InChI is InChI=1S/C17H30O2S/c1-2-3-4-7-12-20-13-15-14(8-5-6-11-18)16-9-10-17(15)19-16/h5-6,14-18H,2-4,7-13H2,1H3/b6-5-/t14-,15+,16-,17+/m1/s1. The molecule has 2 aliphatic heterocycles. The summed E-state index contributed by atoms with van der Waals surface area (Å²) in [6.07, 6.45) is 14.1. The van der Waals surface area contributed by atoms with Crippen molar-refractivity contribution in [1.29, 1.82) is 0 Å². The molecule has 2 aliphatic rings. The molecule has 3 heteroatoms. The molecule has 0 saturated carbocycles. The third-order valence-corrected chi connectivity index (χ3v) is 5.92. The molecule has 0 radical (unpaired) electrons. The zero-order valence-electron chi connectivity index (χ0n) is 12.8. The van der Waals surface area contributed by atoms with E-state index < -0.39 is 0 Å². The van der Waals surface area contributed by atoms with Gasteiger partial charge in [0.1, 0.15) is 0 Å². The van der Waals surface area contributed by atoms with Crippen LogP contribution in [0.5, 0.6) is 0 Å². The molecule has 0 aliphatic carbocycles. The molecule has 4 atom stereocenters. The molecule has 2 nitrogen and oxygen atoms in total. The van der Waals surface area contributed by atoms with Crippen molar-refractivity contribution in [1.82, 2.24) is 0 Å². The van der Waals surface area contributed by atoms with E-state index in [1.54, 1.807) is 0 Å². The minimum absolute atomic E-state index is 0.165. The van der Waals surface area contributed by atoms with Gasteiger partial charge in [0.15, 0.2) is 0 Å². The monoisotopic (exact) mass is 298 g/mol. The van der Waals surface area contributed by atoms with Crippen LogP contribution in [0, 0.1) is 11.8 Å². The molecule has 2 saturated heterocycles. The van der Waals surface area contributed by atoms with Crippen molar-refractivity contribution in [2.24, 2.45) is 11.8 Å². The molecular formula is C17H30O2S. The first-order valence-electron chi connectivity index (χ1n) is 8.35. The van der Waals surface area contributed by atoms with Crippen LogP contribution in [0.15, 0.2) is 12.2 Å². The highest BCUT2D eigenvalue weighted by molar-refractivity contribution is 7.99. The van der Waals surface area contributed by atoms with Crippen molar-refractivity contribution in [3.8, 4) is 0 Å². The second-order valence-electron chi connectivity index (χ2n) is 6.14. The van der Waals surface area contributed by atoms with Gasteiger partial charge in [-0.05, 0) is 49.0 Å². The topological polar surface area (TPSA) is 29.5 Å². The number of aliphatic hydroxyl groups is 1. The molecule has 0 aromatic heterocycles. The van der Waals surface area contributed by atoms with Gasteiger partial charge in [-0.25, -0.2) is 0 Å². The lowest BCUT2D eigenvalue weighted by molar-refractivity contribution is 0.0888. The number of unbranched alkanes of at least 4 members (excludes halogenated alkanes) is 3. The summed E-state index contributed by atoms with van der Waals surface area (Å²) in [5, 5.41) is 8.86. The van der Waals surface area contributed by atoms with E-state index in [4.69, 9.17) is 9.84 Å². The fourth-order valence-electron chi connectivity index (χ4n) is 3.61. The maximum atomic E-state index is 8.86. The largest absolute Gasteiger partial charge is 0.392 e. The number of hydrogen-bond acceptors (Lipinski definition) is 3. The Labute approximate surface area is 128 Å². The van der Waals surface area contributed by atoms with E-state index in [0.29, 0.717) is 18.1 Å². The average molecular weight is 298 g/mol. The Kier molecular flexibility index (Phi) is 7.47. The van der Waals surface area contributed by atoms with Crippen molar-refractivity contribution < 1.29 is 9.84 Å². The molecule has 0 unspecified atom stereocenters. The Bertz CT molecular complexity index is 293. The summed E-state index contributed by atoms with van der Waals surface area (Å²) in [5.41, 5.74) is 0. The maximum Gasteiger partial charge on any atom is 0.0619 e. The van der Waals surface area contributed by atoms with Crippen LogP contribution >= 0.6 is 11.8 Å². The second kappa shape index (κ2) is 9.11. The maximum absolute atomic E-state index is 8.86. The van der Waals surface area contributed by atoms with Crippen LogP contribution in [0.3, 0.4) is 0 Å². The third-order valence-electron chi connectivity index (χ3n) is 4.72. The molecular weight excluding hydrogens is 268 g/mol. The van der Waals surface area contributed by atoms with Gasteiger partial charge in [0.05, 0.1) is 18.8 Å². The Morgan fingerprint density at radius 2 is 1.90 bits per heavy atom. The van der Waals surface area contributed by atoms with Crippen molar-refractivity contribution >= 4 is 11.8 Å². The molecule has 1 N–H and O–H groups in total. The lowest BCUT2D eigenvalue weighted by Crippen LogP contribution is -2.28. The van der Waals surface area contributed by atoms with E-state index in [9.17, 15) is 0 Å². The quantitative estimate of drug-likeness (QED) is 0.488. The fourth-order valence-corrected chi connectivity index (χ4v) is 4.92. The summed E-state index contributed by atoms with van der Waals surface area (Å²) in [4.78, 5) is 0. The Morgan fingerprint density at radius 3 is 2.65 bits per heavy atom. The van der Waals surface area contributed by atoms with Crippen LogP contribution in [0.4, 0.5) is 0 Å². The van der Waals surface area contributed by atoms with Gasteiger partial charge in [-0.15, -0.1) is 0 Å². The second-order valence-corrected chi connectivity index (χ2v) is 7.29. The summed E-state index contributed by atoms with van der Waals surface area (Å²) in [6.45, 7) is 2.43. The fraction of sp³-hybridized carbons (Fsp3) is 0.882. The van der Waals surface area contributed by atoms with Crippen molar-refractivity contribution in [2.75, 3.05) is 18.1 Å². The third kappa shape index (κ3) is 4.51. The molecule has 116 valence electrons. The van der Waals surface area contributed by atoms with E-state index >= 15 is 0 Å². The van der Waals surface area contributed by atoms with Gasteiger partial charge in [-0.2, -0.15) is 11.8 Å². The predicted molar refractivity (Wildman–Crippen MR) is 87.2 cm³/mol. The minimum atomic E-state index is 0.165. The number of allylic oxidation sites excluding steroid dienone is 1. The van der Waals surface area contributed by atoms with E-state index in [1.807, 2.05) is 6.08 Å². The van der Waals surface area contributed by atoms with E-state index in [2.05, 4.69) is 24.8 Å². The highest BCUT2D eigenvalue weighted by Gasteiger charge is 2.47. The Balaban J connectivity index is 1.69. The van der Waals surface area contributed by atoms with Gasteiger partial charge < -0.3 is 9.84 Å². The summed E-state index contributed by atoms with van der Waals surface area (Å²) in [6, 6.07) is 0. The molecule has 2 fully saturated rings. The van der Waals surface area contributed by atoms with Gasteiger partial charge in [-0.1, -0.05) is 38.3 Å². The van der Waals surface area contributed by atoms with Crippen LogP contribution < -0.4 is 0 Å². The van der Waals surface area contributed by atoms with Crippen molar-refractivity contribution in [3.05, 3.63) is 12.2 Å². The SMILES string of the molecule is CCCCCCSC[C@H]1[C@@H](C/C=C\CO)[C@H]2CC[C@@H]1O2. The smallest absolute Gasteiger partial charge is 0.0619 e. The molecule has 0 amide bonds. The predicted octanol–water partition coefficient (Wildman–Crippen LogP) is 4.03. The molecule has 2 heterocycles. The lowest BCUT2D eigenvalue weighted by atomic mass is 9.78. The number of hydrogen-bond donors (Lipinski definition) is 1. The van der Waals surface area contributed by atoms with E-state index in [1.165, 1.54) is 50.0 Å². The molecule has 0 aromatic carbocycles.